The van der Waals surface area contributed by atoms with Gasteiger partial charge in [-0.15, -0.1) is 0 Å². The molecule has 2 amide bonds. The number of halogens is 1. The van der Waals surface area contributed by atoms with Crippen molar-refractivity contribution in [2.24, 2.45) is 5.92 Å². The molecule has 0 spiro atoms. The molecule has 0 aliphatic heterocycles. The molecule has 0 radical (unpaired) electrons. The number of hydrogen-bond donors (Lipinski definition) is 2. The minimum atomic E-state index is -0.215. The highest BCUT2D eigenvalue weighted by atomic mass is 35.5. The number of ether oxygens (including phenoxy) is 1. The SMILES string of the molecule is Cc1cc(OCNC(=O)NCCC(C)C)cc(C)c1Cl. The maximum absolute atomic E-state index is 11.5. The summed E-state index contributed by atoms with van der Waals surface area (Å²) in [6.45, 7) is 8.89. The highest BCUT2D eigenvalue weighted by Crippen LogP contribution is 2.25. The highest BCUT2D eigenvalue weighted by molar-refractivity contribution is 6.32. The van der Waals surface area contributed by atoms with E-state index in [4.69, 9.17) is 16.3 Å². The van der Waals surface area contributed by atoms with Crippen molar-refractivity contribution in [2.75, 3.05) is 13.3 Å². The van der Waals surface area contributed by atoms with Gasteiger partial charge in [-0.3, -0.25) is 0 Å². The van der Waals surface area contributed by atoms with Gasteiger partial charge in [-0.1, -0.05) is 25.4 Å². The molecule has 5 heteroatoms. The van der Waals surface area contributed by atoms with Crippen LogP contribution in [0.4, 0.5) is 4.79 Å². The largest absolute Gasteiger partial charge is 0.473 e. The average molecular weight is 299 g/mol. The van der Waals surface area contributed by atoms with Crippen molar-refractivity contribution >= 4 is 17.6 Å². The molecule has 0 aromatic heterocycles. The van der Waals surface area contributed by atoms with Crippen molar-refractivity contribution in [1.29, 1.82) is 0 Å². The van der Waals surface area contributed by atoms with Crippen LogP contribution in [0.5, 0.6) is 5.75 Å². The molecule has 0 unspecified atom stereocenters. The zero-order valence-corrected chi connectivity index (χ0v) is 13.3. The van der Waals surface area contributed by atoms with Crippen molar-refractivity contribution in [2.45, 2.75) is 34.1 Å². The normalized spacial score (nSPS) is 10.5. The molecule has 0 heterocycles. The van der Waals surface area contributed by atoms with Crippen LogP contribution >= 0.6 is 11.6 Å². The van der Waals surface area contributed by atoms with Crippen molar-refractivity contribution in [3.05, 3.63) is 28.3 Å². The Labute approximate surface area is 125 Å². The van der Waals surface area contributed by atoms with Gasteiger partial charge >= 0.3 is 6.03 Å². The van der Waals surface area contributed by atoms with Gasteiger partial charge in [-0.25, -0.2) is 4.79 Å². The first-order valence-electron chi connectivity index (χ1n) is 6.81. The number of benzene rings is 1. The molecular weight excluding hydrogens is 276 g/mol. The smallest absolute Gasteiger partial charge is 0.317 e. The topological polar surface area (TPSA) is 50.4 Å². The van der Waals surface area contributed by atoms with Crippen molar-refractivity contribution in [1.82, 2.24) is 10.6 Å². The number of hydrogen-bond acceptors (Lipinski definition) is 2. The summed E-state index contributed by atoms with van der Waals surface area (Å²) in [4.78, 5) is 11.5. The van der Waals surface area contributed by atoms with Gasteiger partial charge in [0.1, 0.15) is 5.75 Å². The van der Waals surface area contributed by atoms with Crippen molar-refractivity contribution in [3.63, 3.8) is 0 Å². The predicted molar refractivity (Wildman–Crippen MR) is 82.4 cm³/mol. The Morgan fingerprint density at radius 2 is 1.85 bits per heavy atom. The van der Waals surface area contributed by atoms with Crippen molar-refractivity contribution < 1.29 is 9.53 Å². The second kappa shape index (κ2) is 8.00. The first-order chi connectivity index (χ1) is 9.40. The van der Waals surface area contributed by atoms with E-state index in [2.05, 4.69) is 24.5 Å². The fourth-order valence-electron chi connectivity index (χ4n) is 1.71. The molecule has 0 saturated heterocycles. The number of carbonyl (C=O) groups excluding carboxylic acids is 1. The van der Waals surface area contributed by atoms with Crippen LogP contribution in [0.2, 0.25) is 5.02 Å². The van der Waals surface area contributed by atoms with Crippen LogP contribution in [0, 0.1) is 19.8 Å². The first kappa shape index (κ1) is 16.6. The molecule has 1 rings (SSSR count). The molecule has 0 atom stereocenters. The van der Waals surface area contributed by atoms with E-state index in [0.29, 0.717) is 18.2 Å². The van der Waals surface area contributed by atoms with Gasteiger partial charge in [0.2, 0.25) is 0 Å². The summed E-state index contributed by atoms with van der Waals surface area (Å²) in [6, 6.07) is 3.49. The summed E-state index contributed by atoms with van der Waals surface area (Å²) >= 11 is 6.08. The Morgan fingerprint density at radius 3 is 2.40 bits per heavy atom. The third-order valence-electron chi connectivity index (χ3n) is 2.89. The van der Waals surface area contributed by atoms with E-state index in [1.807, 2.05) is 26.0 Å². The molecule has 0 aliphatic rings. The van der Waals surface area contributed by atoms with Crippen LogP contribution in [0.1, 0.15) is 31.4 Å². The number of nitrogens with one attached hydrogen (secondary N) is 2. The molecule has 112 valence electrons. The zero-order valence-electron chi connectivity index (χ0n) is 12.5. The summed E-state index contributed by atoms with van der Waals surface area (Å²) in [7, 11) is 0. The number of carbonyl (C=O) groups is 1. The standard InChI is InChI=1S/C15H23ClN2O2/c1-10(2)5-6-17-15(19)18-9-20-13-7-11(3)14(16)12(4)8-13/h7-8,10H,5-6,9H2,1-4H3,(H2,17,18,19). The van der Waals surface area contributed by atoms with Gasteiger partial charge in [0.25, 0.3) is 0 Å². The van der Waals surface area contributed by atoms with E-state index < -0.39 is 0 Å². The van der Waals surface area contributed by atoms with E-state index in [1.54, 1.807) is 0 Å². The molecule has 0 saturated carbocycles. The van der Waals surface area contributed by atoms with Crippen molar-refractivity contribution in [3.8, 4) is 5.75 Å². The molecule has 0 aliphatic carbocycles. The summed E-state index contributed by atoms with van der Waals surface area (Å²) in [5.74, 6) is 1.28. The fraction of sp³-hybridized carbons (Fsp3) is 0.533. The molecule has 1 aromatic rings. The van der Waals surface area contributed by atoms with Gasteiger partial charge in [-0.05, 0) is 49.4 Å². The lowest BCUT2D eigenvalue weighted by molar-refractivity contribution is 0.223. The number of amides is 2. The Hall–Kier alpha value is -1.42. The molecule has 4 nitrogen and oxygen atoms in total. The van der Waals surface area contributed by atoms with Gasteiger partial charge in [0.15, 0.2) is 6.73 Å². The number of rotatable bonds is 6. The van der Waals surface area contributed by atoms with E-state index in [-0.39, 0.29) is 12.8 Å². The lowest BCUT2D eigenvalue weighted by Gasteiger charge is -2.12. The molecule has 0 bridgehead atoms. The van der Waals surface area contributed by atoms with Crippen LogP contribution in [0.25, 0.3) is 0 Å². The molecule has 0 fully saturated rings. The van der Waals surface area contributed by atoms with Gasteiger partial charge in [0, 0.05) is 11.6 Å². The lowest BCUT2D eigenvalue weighted by Crippen LogP contribution is -2.38. The maximum Gasteiger partial charge on any atom is 0.317 e. The van der Waals surface area contributed by atoms with Crippen LogP contribution in [-0.4, -0.2) is 19.3 Å². The van der Waals surface area contributed by atoms with Gasteiger partial charge in [-0.2, -0.15) is 0 Å². The molecule has 1 aromatic carbocycles. The van der Waals surface area contributed by atoms with Gasteiger partial charge < -0.3 is 15.4 Å². The van der Waals surface area contributed by atoms with E-state index in [1.165, 1.54) is 0 Å². The Morgan fingerprint density at radius 1 is 1.25 bits per heavy atom. The maximum atomic E-state index is 11.5. The molecule has 2 N–H and O–H groups in total. The van der Waals surface area contributed by atoms with Crippen LogP contribution in [0.3, 0.4) is 0 Å². The fourth-order valence-corrected chi connectivity index (χ4v) is 1.82. The second-order valence-electron chi connectivity index (χ2n) is 5.27. The van der Waals surface area contributed by atoms with E-state index in [9.17, 15) is 4.79 Å². The third-order valence-corrected chi connectivity index (χ3v) is 3.48. The Balaban J connectivity index is 2.32. The number of urea groups is 1. The Kier molecular flexibility index (Phi) is 6.65. The van der Waals surface area contributed by atoms with E-state index >= 15 is 0 Å². The molecule has 20 heavy (non-hydrogen) atoms. The lowest BCUT2D eigenvalue weighted by atomic mass is 10.1. The van der Waals surface area contributed by atoms with Crippen LogP contribution < -0.4 is 15.4 Å². The third kappa shape index (κ3) is 5.70. The van der Waals surface area contributed by atoms with E-state index in [0.717, 1.165) is 22.6 Å². The van der Waals surface area contributed by atoms with Gasteiger partial charge in [0.05, 0.1) is 0 Å². The highest BCUT2D eigenvalue weighted by Gasteiger charge is 2.04. The molecular formula is C15H23ClN2O2. The summed E-state index contributed by atoms with van der Waals surface area (Å²) in [5, 5.41) is 6.18. The summed E-state index contributed by atoms with van der Waals surface area (Å²) < 4.78 is 5.49. The second-order valence-corrected chi connectivity index (χ2v) is 5.65. The Bertz CT molecular complexity index is 438. The predicted octanol–water partition coefficient (Wildman–Crippen LogP) is 3.64. The average Bonchev–Trinajstić information content (AvgIpc) is 2.35. The minimum absolute atomic E-state index is 0.133. The monoisotopic (exact) mass is 298 g/mol. The zero-order chi connectivity index (χ0) is 15.1. The number of aryl methyl sites for hydroxylation is 2. The van der Waals surface area contributed by atoms with Crippen LogP contribution in [0.15, 0.2) is 12.1 Å². The summed E-state index contributed by atoms with van der Waals surface area (Å²) in [5.41, 5.74) is 1.92. The summed E-state index contributed by atoms with van der Waals surface area (Å²) in [6.07, 6.45) is 0.962. The first-order valence-corrected chi connectivity index (χ1v) is 7.19. The minimum Gasteiger partial charge on any atom is -0.473 e. The quantitative estimate of drug-likeness (QED) is 0.788. The van der Waals surface area contributed by atoms with Crippen LogP contribution in [-0.2, 0) is 0 Å².